The highest BCUT2D eigenvalue weighted by Crippen LogP contribution is 2.24. The van der Waals surface area contributed by atoms with Crippen LogP contribution in [-0.2, 0) is 19.0 Å². The smallest absolute Gasteiger partial charge is 0.306 e. The number of ether oxygens (including phenoxy) is 3. The van der Waals surface area contributed by atoms with Gasteiger partial charge in [-0.2, -0.15) is 0 Å². The van der Waals surface area contributed by atoms with Crippen molar-refractivity contribution in [3.63, 3.8) is 0 Å². The van der Waals surface area contributed by atoms with Crippen molar-refractivity contribution >= 4 is 5.97 Å². The van der Waals surface area contributed by atoms with E-state index in [2.05, 4.69) is 6.92 Å². The van der Waals surface area contributed by atoms with Crippen molar-refractivity contribution < 1.29 is 19.0 Å². The molecule has 0 aliphatic carbocycles. The lowest BCUT2D eigenvalue weighted by atomic mass is 10.0. The van der Waals surface area contributed by atoms with Crippen molar-refractivity contribution in [2.75, 3.05) is 13.2 Å². The molecular formula is C25H46O4. The van der Waals surface area contributed by atoms with Gasteiger partial charge in [-0.3, -0.25) is 4.79 Å². The van der Waals surface area contributed by atoms with E-state index < -0.39 is 0 Å². The largest absolute Gasteiger partial charge is 0.462 e. The van der Waals surface area contributed by atoms with Crippen LogP contribution >= 0.6 is 0 Å². The van der Waals surface area contributed by atoms with Gasteiger partial charge in [0.2, 0.25) is 0 Å². The van der Waals surface area contributed by atoms with Gasteiger partial charge < -0.3 is 14.2 Å². The van der Waals surface area contributed by atoms with Crippen molar-refractivity contribution in [3.8, 4) is 0 Å². The summed E-state index contributed by atoms with van der Waals surface area (Å²) >= 11 is 0. The molecule has 4 nitrogen and oxygen atoms in total. The number of esters is 1. The van der Waals surface area contributed by atoms with E-state index in [1.807, 2.05) is 0 Å². The maximum atomic E-state index is 12.4. The van der Waals surface area contributed by atoms with Gasteiger partial charge in [-0.15, -0.1) is 0 Å². The first kappa shape index (κ1) is 24.7. The molecule has 0 N–H and O–H groups in total. The Labute approximate surface area is 179 Å². The number of hydrogen-bond acceptors (Lipinski definition) is 4. The molecule has 0 aromatic heterocycles. The molecule has 0 aromatic carbocycles. The van der Waals surface area contributed by atoms with E-state index >= 15 is 0 Å². The average molecular weight is 411 g/mol. The van der Waals surface area contributed by atoms with Crippen LogP contribution in [0.5, 0.6) is 0 Å². The molecule has 4 heteroatoms. The number of carbonyl (C=O) groups excluding carboxylic acids is 1. The molecular weight excluding hydrogens is 364 g/mol. The molecule has 2 fully saturated rings. The van der Waals surface area contributed by atoms with Crippen LogP contribution in [0, 0.1) is 0 Å². The molecule has 0 bridgehead atoms. The Bertz CT molecular complexity index is 380. The summed E-state index contributed by atoms with van der Waals surface area (Å²) in [5.74, 6) is -0.00220. The van der Waals surface area contributed by atoms with Gasteiger partial charge in [0.05, 0.1) is 12.2 Å². The summed E-state index contributed by atoms with van der Waals surface area (Å²) in [6.07, 6.45) is 21.4. The molecule has 29 heavy (non-hydrogen) atoms. The third kappa shape index (κ3) is 12.0. The number of rotatable bonds is 17. The Morgan fingerprint density at radius 2 is 1.34 bits per heavy atom. The Balaban J connectivity index is 1.56. The van der Waals surface area contributed by atoms with Gasteiger partial charge in [0.25, 0.3) is 0 Å². The van der Waals surface area contributed by atoms with Gasteiger partial charge >= 0.3 is 5.97 Å². The van der Waals surface area contributed by atoms with Crippen LogP contribution in [0.2, 0.25) is 0 Å². The Kier molecular flexibility index (Phi) is 13.7. The van der Waals surface area contributed by atoms with Crippen LogP contribution in [-0.4, -0.2) is 37.5 Å². The first-order valence-electron chi connectivity index (χ1n) is 12.7. The molecule has 0 spiro atoms. The van der Waals surface area contributed by atoms with Gasteiger partial charge in [-0.1, -0.05) is 58.3 Å². The minimum absolute atomic E-state index is 0.00220. The van der Waals surface area contributed by atoms with Crippen LogP contribution in [0.25, 0.3) is 0 Å². The normalized spacial score (nSPS) is 22.8. The van der Waals surface area contributed by atoms with Gasteiger partial charge in [0.15, 0.2) is 0 Å². The quantitative estimate of drug-likeness (QED) is 0.197. The lowest BCUT2D eigenvalue weighted by molar-refractivity contribution is -0.150. The SMILES string of the molecule is CCCCCCCCCCCC(=O)OC(CCC1CCCO1)CCC1CCCO1. The van der Waals surface area contributed by atoms with Crippen molar-refractivity contribution in [1.82, 2.24) is 0 Å². The molecule has 2 atom stereocenters. The monoisotopic (exact) mass is 410 g/mol. The summed E-state index contributed by atoms with van der Waals surface area (Å²) in [5.41, 5.74) is 0. The second kappa shape index (κ2) is 16.1. The Morgan fingerprint density at radius 1 is 0.828 bits per heavy atom. The topological polar surface area (TPSA) is 44.8 Å². The molecule has 0 amide bonds. The van der Waals surface area contributed by atoms with Crippen LogP contribution in [0.4, 0.5) is 0 Å². The maximum absolute atomic E-state index is 12.4. The molecule has 0 radical (unpaired) electrons. The minimum atomic E-state index is -0.00220. The van der Waals surface area contributed by atoms with Crippen LogP contribution in [0.3, 0.4) is 0 Å². The first-order chi connectivity index (χ1) is 14.3. The fourth-order valence-electron chi connectivity index (χ4n) is 4.57. The highest BCUT2D eigenvalue weighted by molar-refractivity contribution is 5.69. The zero-order valence-corrected chi connectivity index (χ0v) is 19.0. The molecule has 2 rings (SSSR count). The minimum Gasteiger partial charge on any atom is -0.462 e. The molecule has 2 aliphatic rings. The zero-order chi connectivity index (χ0) is 20.6. The van der Waals surface area contributed by atoms with Crippen LogP contribution in [0.1, 0.15) is 122 Å². The molecule has 2 aliphatic heterocycles. The van der Waals surface area contributed by atoms with Gasteiger partial charge in [-0.25, -0.2) is 0 Å². The standard InChI is InChI=1S/C25H46O4/c1-2-3-4-5-6-7-8-9-10-15-25(26)29-24(18-16-22-13-11-20-27-22)19-17-23-14-12-21-28-23/h22-24H,2-21H2,1H3. The van der Waals surface area contributed by atoms with Gasteiger partial charge in [0.1, 0.15) is 6.10 Å². The third-order valence-corrected chi connectivity index (χ3v) is 6.45. The van der Waals surface area contributed by atoms with E-state index in [-0.39, 0.29) is 12.1 Å². The van der Waals surface area contributed by atoms with Gasteiger partial charge in [0, 0.05) is 19.6 Å². The predicted octanol–water partition coefficient (Wildman–Crippen LogP) is 6.74. The van der Waals surface area contributed by atoms with Crippen LogP contribution in [0.15, 0.2) is 0 Å². The fraction of sp³-hybridized carbons (Fsp3) is 0.960. The summed E-state index contributed by atoms with van der Waals surface area (Å²) in [6.45, 7) is 4.04. The van der Waals surface area contributed by atoms with Gasteiger partial charge in [-0.05, 0) is 57.8 Å². The number of hydrogen-bond donors (Lipinski definition) is 0. The molecule has 2 unspecified atom stereocenters. The van der Waals surface area contributed by atoms with E-state index in [9.17, 15) is 4.79 Å². The Hall–Kier alpha value is -0.610. The number of carbonyl (C=O) groups is 1. The summed E-state index contributed by atoms with van der Waals surface area (Å²) in [4.78, 5) is 12.4. The zero-order valence-electron chi connectivity index (χ0n) is 19.0. The summed E-state index contributed by atoms with van der Waals surface area (Å²) in [6, 6.07) is 0. The molecule has 2 saturated heterocycles. The highest BCUT2D eigenvalue weighted by atomic mass is 16.5. The Morgan fingerprint density at radius 3 is 1.83 bits per heavy atom. The average Bonchev–Trinajstić information content (AvgIpc) is 3.43. The van der Waals surface area contributed by atoms with Crippen LogP contribution < -0.4 is 0 Å². The van der Waals surface area contributed by atoms with E-state index in [0.29, 0.717) is 18.6 Å². The fourth-order valence-corrected chi connectivity index (χ4v) is 4.57. The number of unbranched alkanes of at least 4 members (excludes halogenated alkanes) is 8. The van der Waals surface area contributed by atoms with Crippen molar-refractivity contribution in [1.29, 1.82) is 0 Å². The summed E-state index contributed by atoms with van der Waals surface area (Å²) in [5, 5.41) is 0. The van der Waals surface area contributed by atoms with Crippen molar-refractivity contribution in [3.05, 3.63) is 0 Å². The van der Waals surface area contributed by atoms with Crippen molar-refractivity contribution in [2.24, 2.45) is 0 Å². The molecule has 170 valence electrons. The van der Waals surface area contributed by atoms with E-state index in [0.717, 1.165) is 64.6 Å². The third-order valence-electron chi connectivity index (χ3n) is 6.45. The second-order valence-corrected chi connectivity index (χ2v) is 9.12. The maximum Gasteiger partial charge on any atom is 0.306 e. The lowest BCUT2D eigenvalue weighted by Gasteiger charge is -2.21. The highest BCUT2D eigenvalue weighted by Gasteiger charge is 2.23. The van der Waals surface area contributed by atoms with Crippen molar-refractivity contribution in [2.45, 2.75) is 141 Å². The second-order valence-electron chi connectivity index (χ2n) is 9.12. The summed E-state index contributed by atoms with van der Waals surface area (Å²) < 4.78 is 17.4. The predicted molar refractivity (Wildman–Crippen MR) is 118 cm³/mol. The van der Waals surface area contributed by atoms with E-state index in [1.165, 1.54) is 57.8 Å². The molecule has 0 aromatic rings. The lowest BCUT2D eigenvalue weighted by Crippen LogP contribution is -2.22. The summed E-state index contributed by atoms with van der Waals surface area (Å²) in [7, 11) is 0. The first-order valence-corrected chi connectivity index (χ1v) is 12.7. The van der Waals surface area contributed by atoms with E-state index in [4.69, 9.17) is 14.2 Å². The molecule has 2 heterocycles. The molecule has 0 saturated carbocycles. The van der Waals surface area contributed by atoms with E-state index in [1.54, 1.807) is 0 Å².